The number of aldehydes is 1. The van der Waals surface area contributed by atoms with Crippen LogP contribution >= 0.6 is 0 Å². The summed E-state index contributed by atoms with van der Waals surface area (Å²) in [7, 11) is 0. The molecule has 78 valence electrons. The number of carbonyl (C=O) groups excluding carboxylic acids is 1. The molecule has 4 nitrogen and oxygen atoms in total. The quantitative estimate of drug-likeness (QED) is 0.753. The highest BCUT2D eigenvalue weighted by Gasteiger charge is 2.15. The minimum absolute atomic E-state index is 0.206. The van der Waals surface area contributed by atoms with E-state index in [0.717, 1.165) is 11.8 Å². The predicted octanol–water partition coefficient (Wildman–Crippen LogP) is 1.20. The highest BCUT2D eigenvalue weighted by molar-refractivity contribution is 5.83. The van der Waals surface area contributed by atoms with Gasteiger partial charge in [0.2, 0.25) is 6.79 Å². The van der Waals surface area contributed by atoms with Crippen molar-refractivity contribution in [3.63, 3.8) is 0 Å². The highest BCUT2D eigenvalue weighted by atomic mass is 16.7. The normalized spacial score (nSPS) is 13.4. The summed E-state index contributed by atoms with van der Waals surface area (Å²) >= 11 is 0. The number of nitrogens with two attached hydrogens (primary N) is 1. The van der Waals surface area contributed by atoms with Crippen LogP contribution in [0.25, 0.3) is 6.08 Å². The number of benzene rings is 1. The Labute approximate surface area is 87.3 Å². The summed E-state index contributed by atoms with van der Waals surface area (Å²) in [5.41, 5.74) is 6.71. The Morgan fingerprint density at radius 3 is 2.53 bits per heavy atom. The van der Waals surface area contributed by atoms with Gasteiger partial charge in [-0.25, -0.2) is 0 Å². The molecule has 0 aliphatic carbocycles. The maximum atomic E-state index is 10.8. The van der Waals surface area contributed by atoms with E-state index in [2.05, 4.69) is 0 Å². The Morgan fingerprint density at radius 2 is 1.93 bits per heavy atom. The van der Waals surface area contributed by atoms with E-state index in [0.29, 0.717) is 23.6 Å². The summed E-state index contributed by atoms with van der Waals surface area (Å²) < 4.78 is 10.4. The van der Waals surface area contributed by atoms with Crippen LogP contribution < -0.4 is 15.2 Å². The van der Waals surface area contributed by atoms with Crippen LogP contribution in [0.15, 0.2) is 18.2 Å². The van der Waals surface area contributed by atoms with Crippen molar-refractivity contribution in [2.24, 2.45) is 5.73 Å². The van der Waals surface area contributed by atoms with Crippen molar-refractivity contribution >= 4 is 12.4 Å². The van der Waals surface area contributed by atoms with Gasteiger partial charge >= 0.3 is 0 Å². The van der Waals surface area contributed by atoms with Gasteiger partial charge in [0, 0.05) is 12.1 Å². The Balaban J connectivity index is 2.44. The summed E-state index contributed by atoms with van der Waals surface area (Å²) in [6.07, 6.45) is 4.37. The van der Waals surface area contributed by atoms with Gasteiger partial charge in [-0.05, 0) is 17.7 Å². The second-order valence-electron chi connectivity index (χ2n) is 3.09. The first-order valence-corrected chi connectivity index (χ1v) is 4.60. The fraction of sp³-hybridized carbons (Fsp3) is 0.182. The summed E-state index contributed by atoms with van der Waals surface area (Å²) in [6, 6.07) is 3.45. The molecule has 1 aromatic carbocycles. The minimum Gasteiger partial charge on any atom is -0.454 e. The second-order valence-corrected chi connectivity index (χ2v) is 3.09. The van der Waals surface area contributed by atoms with Crippen LogP contribution in [-0.4, -0.2) is 19.6 Å². The van der Waals surface area contributed by atoms with Crippen LogP contribution in [-0.2, 0) is 0 Å². The molecule has 4 heteroatoms. The molecule has 0 fully saturated rings. The number of fused-ring (bicyclic) bond motifs is 1. The molecule has 0 amide bonds. The summed E-state index contributed by atoms with van der Waals surface area (Å²) in [5, 5.41) is 0. The smallest absolute Gasteiger partial charge is 0.231 e. The first-order valence-electron chi connectivity index (χ1n) is 4.60. The molecule has 0 radical (unpaired) electrons. The van der Waals surface area contributed by atoms with E-state index in [4.69, 9.17) is 15.2 Å². The first kappa shape index (κ1) is 9.73. The maximum absolute atomic E-state index is 10.8. The highest BCUT2D eigenvalue weighted by Crippen LogP contribution is 2.34. The van der Waals surface area contributed by atoms with Crippen LogP contribution in [0.5, 0.6) is 11.5 Å². The van der Waals surface area contributed by atoms with Crippen molar-refractivity contribution in [2.75, 3.05) is 13.3 Å². The fourth-order valence-corrected chi connectivity index (χ4v) is 1.41. The summed E-state index contributed by atoms with van der Waals surface area (Å²) in [5.74, 6) is 1.28. The topological polar surface area (TPSA) is 61.6 Å². The molecule has 0 bridgehead atoms. The lowest BCUT2D eigenvalue weighted by Crippen LogP contribution is -1.93. The minimum atomic E-state index is 0.206. The van der Waals surface area contributed by atoms with Crippen LogP contribution in [0.1, 0.15) is 15.9 Å². The SMILES string of the molecule is NCC=Cc1cc2c(cc1C=O)OCO2. The third-order valence-electron chi connectivity index (χ3n) is 2.14. The number of ether oxygens (including phenoxy) is 2. The third-order valence-corrected chi connectivity index (χ3v) is 2.14. The van der Waals surface area contributed by atoms with E-state index >= 15 is 0 Å². The van der Waals surface area contributed by atoms with Crippen LogP contribution in [0.3, 0.4) is 0 Å². The van der Waals surface area contributed by atoms with Crippen LogP contribution in [0, 0.1) is 0 Å². The van der Waals surface area contributed by atoms with Gasteiger partial charge in [0.1, 0.15) is 0 Å². The van der Waals surface area contributed by atoms with E-state index in [-0.39, 0.29) is 6.79 Å². The lowest BCUT2D eigenvalue weighted by molar-refractivity contribution is 0.112. The van der Waals surface area contributed by atoms with Gasteiger partial charge in [0.25, 0.3) is 0 Å². The molecular weight excluding hydrogens is 194 g/mol. The first-order chi connectivity index (χ1) is 7.35. The van der Waals surface area contributed by atoms with E-state index in [1.54, 1.807) is 24.3 Å². The zero-order valence-corrected chi connectivity index (χ0v) is 8.10. The van der Waals surface area contributed by atoms with Gasteiger partial charge < -0.3 is 15.2 Å². The van der Waals surface area contributed by atoms with E-state index in [1.165, 1.54) is 0 Å². The van der Waals surface area contributed by atoms with Gasteiger partial charge in [-0.1, -0.05) is 12.2 Å². The Morgan fingerprint density at radius 1 is 1.27 bits per heavy atom. The third kappa shape index (κ3) is 1.85. The zero-order chi connectivity index (χ0) is 10.7. The van der Waals surface area contributed by atoms with Crippen molar-refractivity contribution in [3.8, 4) is 11.5 Å². The van der Waals surface area contributed by atoms with Gasteiger partial charge in [-0.15, -0.1) is 0 Å². The summed E-state index contributed by atoms with van der Waals surface area (Å²) in [4.78, 5) is 10.8. The number of hydrogen-bond acceptors (Lipinski definition) is 4. The molecule has 2 rings (SSSR count). The predicted molar refractivity (Wildman–Crippen MR) is 56.0 cm³/mol. The fourth-order valence-electron chi connectivity index (χ4n) is 1.41. The molecule has 0 unspecified atom stereocenters. The number of hydrogen-bond donors (Lipinski definition) is 1. The average Bonchev–Trinajstić information content (AvgIpc) is 2.71. The van der Waals surface area contributed by atoms with Crippen molar-refractivity contribution < 1.29 is 14.3 Å². The lowest BCUT2D eigenvalue weighted by atomic mass is 10.1. The lowest BCUT2D eigenvalue weighted by Gasteiger charge is -2.01. The van der Waals surface area contributed by atoms with Gasteiger partial charge in [0.05, 0.1) is 0 Å². The summed E-state index contributed by atoms with van der Waals surface area (Å²) in [6.45, 7) is 0.643. The molecule has 0 saturated carbocycles. The Hall–Kier alpha value is -1.81. The van der Waals surface area contributed by atoms with Crippen LogP contribution in [0.2, 0.25) is 0 Å². The molecule has 0 atom stereocenters. The molecule has 15 heavy (non-hydrogen) atoms. The molecule has 0 saturated heterocycles. The Bertz CT molecular complexity index is 413. The van der Waals surface area contributed by atoms with E-state index in [9.17, 15) is 4.79 Å². The maximum Gasteiger partial charge on any atom is 0.231 e. The van der Waals surface area contributed by atoms with Gasteiger partial charge in [-0.3, -0.25) is 4.79 Å². The molecule has 2 N–H and O–H groups in total. The van der Waals surface area contributed by atoms with Gasteiger partial charge in [0.15, 0.2) is 17.8 Å². The van der Waals surface area contributed by atoms with E-state index < -0.39 is 0 Å². The molecule has 1 aromatic rings. The average molecular weight is 205 g/mol. The van der Waals surface area contributed by atoms with Crippen molar-refractivity contribution in [1.82, 2.24) is 0 Å². The van der Waals surface area contributed by atoms with E-state index in [1.807, 2.05) is 0 Å². The zero-order valence-electron chi connectivity index (χ0n) is 8.10. The molecule has 0 aromatic heterocycles. The standard InChI is InChI=1S/C11H11NO3/c12-3-1-2-8-4-10-11(15-7-14-10)5-9(8)6-13/h1-2,4-6H,3,7,12H2. The second kappa shape index (κ2) is 4.14. The molecule has 1 heterocycles. The van der Waals surface area contributed by atoms with Gasteiger partial charge in [-0.2, -0.15) is 0 Å². The Kier molecular flexibility index (Phi) is 2.69. The molecular formula is C11H11NO3. The van der Waals surface area contributed by atoms with Crippen LogP contribution in [0.4, 0.5) is 0 Å². The number of carbonyl (C=O) groups is 1. The largest absolute Gasteiger partial charge is 0.454 e. The molecule has 0 spiro atoms. The monoisotopic (exact) mass is 205 g/mol. The van der Waals surface area contributed by atoms with Crippen molar-refractivity contribution in [2.45, 2.75) is 0 Å². The number of rotatable bonds is 3. The molecule has 1 aliphatic rings. The van der Waals surface area contributed by atoms with Crippen molar-refractivity contribution in [3.05, 3.63) is 29.3 Å². The molecule has 1 aliphatic heterocycles. The van der Waals surface area contributed by atoms with Crippen molar-refractivity contribution in [1.29, 1.82) is 0 Å².